The zero-order valence-electron chi connectivity index (χ0n) is 18.5. The minimum atomic E-state index is -4.51. The zero-order chi connectivity index (χ0) is 24.1. The lowest BCUT2D eigenvalue weighted by Crippen LogP contribution is -2.37. The Morgan fingerprint density at radius 3 is 2.62 bits per heavy atom. The van der Waals surface area contributed by atoms with Gasteiger partial charge < -0.3 is 19.7 Å². The predicted octanol–water partition coefficient (Wildman–Crippen LogP) is 5.07. The molecule has 0 atom stereocenters. The van der Waals surface area contributed by atoms with Gasteiger partial charge in [0.1, 0.15) is 17.4 Å². The molecule has 0 aliphatic carbocycles. The molecule has 180 valence electrons. The van der Waals surface area contributed by atoms with Crippen LogP contribution in [0.5, 0.6) is 5.75 Å². The number of thiazole rings is 1. The van der Waals surface area contributed by atoms with Crippen molar-refractivity contribution in [1.29, 1.82) is 0 Å². The molecule has 0 bridgehead atoms. The Hall–Kier alpha value is -3.11. The number of nitrogens with one attached hydrogen (secondary N) is 1. The van der Waals surface area contributed by atoms with Gasteiger partial charge in [0.25, 0.3) is 0 Å². The van der Waals surface area contributed by atoms with E-state index in [0.717, 1.165) is 23.4 Å². The highest BCUT2D eigenvalue weighted by Gasteiger charge is 2.32. The van der Waals surface area contributed by atoms with Crippen molar-refractivity contribution in [1.82, 2.24) is 4.98 Å². The summed E-state index contributed by atoms with van der Waals surface area (Å²) in [6.45, 7) is 4.27. The molecule has 2 aromatic carbocycles. The van der Waals surface area contributed by atoms with E-state index in [4.69, 9.17) is 9.47 Å². The number of anilines is 2. The summed E-state index contributed by atoms with van der Waals surface area (Å²) in [5.41, 5.74) is 1.51. The summed E-state index contributed by atoms with van der Waals surface area (Å²) in [4.78, 5) is 19.0. The second-order valence-electron chi connectivity index (χ2n) is 7.89. The fourth-order valence-corrected chi connectivity index (χ4v) is 4.23. The van der Waals surface area contributed by atoms with E-state index in [0.29, 0.717) is 42.7 Å². The first-order valence-corrected chi connectivity index (χ1v) is 11.6. The summed E-state index contributed by atoms with van der Waals surface area (Å²) >= 11 is 1.36. The zero-order valence-corrected chi connectivity index (χ0v) is 19.3. The number of amides is 1. The minimum Gasteiger partial charge on any atom is -0.486 e. The van der Waals surface area contributed by atoms with Crippen molar-refractivity contribution in [3.05, 3.63) is 69.7 Å². The molecule has 1 aromatic heterocycles. The standard InChI is InChI=1S/C24H24F3N3O3S/c1-16-2-5-19(6-3-16)33-14-23-28-18(15-34-23)13-22(31)29-20-12-17(24(25,26)27)4-7-21(20)30-8-10-32-11-9-30/h2-7,12,15H,8-11,13-14H2,1H3,(H,29,31). The van der Waals surface area contributed by atoms with E-state index in [1.54, 1.807) is 5.38 Å². The molecule has 0 unspecified atom stereocenters. The summed E-state index contributed by atoms with van der Waals surface area (Å²) in [6, 6.07) is 11.0. The fourth-order valence-electron chi connectivity index (χ4n) is 3.53. The Bertz CT molecular complexity index is 1130. The second-order valence-corrected chi connectivity index (χ2v) is 8.83. The Kier molecular flexibility index (Phi) is 7.38. The number of hydrogen-bond acceptors (Lipinski definition) is 6. The van der Waals surface area contributed by atoms with Crippen LogP contribution >= 0.6 is 11.3 Å². The first kappa shape index (κ1) is 24.0. The highest BCUT2D eigenvalue weighted by Crippen LogP contribution is 2.36. The van der Waals surface area contributed by atoms with Crippen LogP contribution in [0.2, 0.25) is 0 Å². The van der Waals surface area contributed by atoms with Crippen LogP contribution in [0.3, 0.4) is 0 Å². The van der Waals surface area contributed by atoms with Crippen LogP contribution < -0.4 is 15.0 Å². The number of carbonyl (C=O) groups excluding carboxylic acids is 1. The van der Waals surface area contributed by atoms with E-state index in [1.165, 1.54) is 17.4 Å². The Labute approximate surface area is 199 Å². The quantitative estimate of drug-likeness (QED) is 0.500. The fraction of sp³-hybridized carbons (Fsp3) is 0.333. The summed E-state index contributed by atoms with van der Waals surface area (Å²) in [5, 5.41) is 5.11. The van der Waals surface area contributed by atoms with E-state index >= 15 is 0 Å². The van der Waals surface area contributed by atoms with Gasteiger partial charge in [-0.15, -0.1) is 11.3 Å². The molecule has 0 saturated carbocycles. The van der Waals surface area contributed by atoms with Crippen molar-refractivity contribution in [2.75, 3.05) is 36.5 Å². The number of halogens is 3. The smallest absolute Gasteiger partial charge is 0.416 e. The van der Waals surface area contributed by atoms with Crippen molar-refractivity contribution in [2.24, 2.45) is 0 Å². The average molecular weight is 492 g/mol. The Balaban J connectivity index is 1.42. The molecule has 0 spiro atoms. The number of morpholine rings is 1. The highest BCUT2D eigenvalue weighted by atomic mass is 32.1. The SMILES string of the molecule is Cc1ccc(OCc2nc(CC(=O)Nc3cc(C(F)(F)F)ccc3N3CCOCC3)cs2)cc1. The highest BCUT2D eigenvalue weighted by molar-refractivity contribution is 7.09. The van der Waals surface area contributed by atoms with Crippen LogP contribution in [0.1, 0.15) is 21.8 Å². The molecule has 2 heterocycles. The molecular formula is C24H24F3N3O3S. The number of rotatable bonds is 7. The third kappa shape index (κ3) is 6.27. The summed E-state index contributed by atoms with van der Waals surface area (Å²) < 4.78 is 50.9. The van der Waals surface area contributed by atoms with Gasteiger partial charge in [-0.1, -0.05) is 17.7 Å². The van der Waals surface area contributed by atoms with Crippen molar-refractivity contribution >= 4 is 28.6 Å². The molecule has 1 aliphatic rings. The molecule has 0 radical (unpaired) electrons. The maximum absolute atomic E-state index is 13.3. The molecule has 1 fully saturated rings. The molecule has 1 N–H and O–H groups in total. The van der Waals surface area contributed by atoms with Crippen molar-refractivity contribution < 1.29 is 27.4 Å². The number of carbonyl (C=O) groups is 1. The number of ether oxygens (including phenoxy) is 2. The lowest BCUT2D eigenvalue weighted by atomic mass is 10.1. The number of hydrogen-bond donors (Lipinski definition) is 1. The molecular weight excluding hydrogens is 467 g/mol. The summed E-state index contributed by atoms with van der Waals surface area (Å²) in [5.74, 6) is 0.283. The van der Waals surface area contributed by atoms with Gasteiger partial charge in [0, 0.05) is 18.5 Å². The molecule has 3 aromatic rings. The number of alkyl halides is 3. The topological polar surface area (TPSA) is 63.7 Å². The van der Waals surface area contributed by atoms with Gasteiger partial charge in [-0.2, -0.15) is 13.2 Å². The molecule has 10 heteroatoms. The Morgan fingerprint density at radius 1 is 1.18 bits per heavy atom. The normalized spacial score (nSPS) is 14.2. The van der Waals surface area contributed by atoms with Crippen LogP contribution in [0.25, 0.3) is 0 Å². The largest absolute Gasteiger partial charge is 0.486 e. The number of nitrogens with zero attached hydrogens (tertiary/aromatic N) is 2. The van der Waals surface area contributed by atoms with E-state index in [9.17, 15) is 18.0 Å². The maximum Gasteiger partial charge on any atom is 0.416 e. The van der Waals surface area contributed by atoms with Gasteiger partial charge >= 0.3 is 6.18 Å². The summed E-state index contributed by atoms with van der Waals surface area (Å²) in [6.07, 6.45) is -4.57. The molecule has 1 saturated heterocycles. The van der Waals surface area contributed by atoms with Crippen molar-refractivity contribution in [3.63, 3.8) is 0 Å². The van der Waals surface area contributed by atoms with Crippen molar-refractivity contribution in [3.8, 4) is 5.75 Å². The van der Waals surface area contributed by atoms with Crippen LogP contribution in [-0.2, 0) is 28.7 Å². The monoisotopic (exact) mass is 491 g/mol. The molecule has 34 heavy (non-hydrogen) atoms. The van der Waals surface area contributed by atoms with E-state index in [2.05, 4.69) is 10.3 Å². The average Bonchev–Trinajstić information content (AvgIpc) is 3.25. The molecule has 4 rings (SSSR count). The second kappa shape index (κ2) is 10.4. The van der Waals surface area contributed by atoms with E-state index < -0.39 is 17.6 Å². The molecule has 1 aliphatic heterocycles. The van der Waals surface area contributed by atoms with Crippen molar-refractivity contribution in [2.45, 2.75) is 26.1 Å². The number of aromatic nitrogens is 1. The third-order valence-corrected chi connectivity index (χ3v) is 6.15. The summed E-state index contributed by atoms with van der Waals surface area (Å²) in [7, 11) is 0. The molecule has 1 amide bonds. The van der Waals surface area contributed by atoms with Crippen LogP contribution in [-0.4, -0.2) is 37.2 Å². The number of benzene rings is 2. The van der Waals surface area contributed by atoms with Gasteiger partial charge in [-0.3, -0.25) is 4.79 Å². The van der Waals surface area contributed by atoms with Gasteiger partial charge in [0.2, 0.25) is 5.91 Å². The van der Waals surface area contributed by atoms with E-state index in [1.807, 2.05) is 36.1 Å². The van der Waals surface area contributed by atoms with Gasteiger partial charge in [-0.25, -0.2) is 4.98 Å². The van der Waals surface area contributed by atoms with Gasteiger partial charge in [-0.05, 0) is 37.3 Å². The maximum atomic E-state index is 13.3. The van der Waals surface area contributed by atoms with Gasteiger partial charge in [0.15, 0.2) is 0 Å². The van der Waals surface area contributed by atoms with E-state index in [-0.39, 0.29) is 18.7 Å². The minimum absolute atomic E-state index is 0.0557. The van der Waals surface area contributed by atoms with Crippen LogP contribution in [0.15, 0.2) is 47.8 Å². The van der Waals surface area contributed by atoms with Gasteiger partial charge in [0.05, 0.1) is 42.3 Å². The first-order chi connectivity index (χ1) is 16.3. The van der Waals surface area contributed by atoms with Crippen LogP contribution in [0.4, 0.5) is 24.5 Å². The predicted molar refractivity (Wildman–Crippen MR) is 124 cm³/mol. The lowest BCUT2D eigenvalue weighted by Gasteiger charge is -2.31. The van der Waals surface area contributed by atoms with Crippen LogP contribution in [0, 0.1) is 6.92 Å². The first-order valence-electron chi connectivity index (χ1n) is 10.7. The number of aryl methyl sites for hydroxylation is 1. The Morgan fingerprint density at radius 2 is 1.91 bits per heavy atom. The third-order valence-electron chi connectivity index (χ3n) is 5.27. The lowest BCUT2D eigenvalue weighted by molar-refractivity contribution is -0.137. The molecule has 6 nitrogen and oxygen atoms in total.